The average molecular weight is 258 g/mol. The van der Waals surface area contributed by atoms with E-state index in [4.69, 9.17) is 4.74 Å². The van der Waals surface area contributed by atoms with Crippen molar-refractivity contribution in [3.05, 3.63) is 60.7 Å². The zero-order valence-electron chi connectivity index (χ0n) is 11.2. The maximum absolute atomic E-state index is 11.5. The van der Waals surface area contributed by atoms with Gasteiger partial charge in [-0.3, -0.25) is 9.78 Å². The number of hydrogen-bond acceptors (Lipinski definition) is 3. The number of nitrogens with zero attached hydrogens (tertiary/aromatic N) is 1. The summed E-state index contributed by atoms with van der Waals surface area (Å²) in [6, 6.07) is 3.31. The molecule has 0 atom stereocenters. The van der Waals surface area contributed by atoms with Crippen molar-refractivity contribution in [2.45, 2.75) is 13.3 Å². The van der Waals surface area contributed by atoms with E-state index in [-0.39, 0.29) is 5.91 Å². The second kappa shape index (κ2) is 7.87. The average Bonchev–Trinajstić information content (AvgIpc) is 2.44. The van der Waals surface area contributed by atoms with E-state index < -0.39 is 0 Å². The van der Waals surface area contributed by atoms with Crippen LogP contribution in [0.5, 0.6) is 5.75 Å². The number of nitrogens with one attached hydrogen (secondary N) is 1. The van der Waals surface area contributed by atoms with Crippen LogP contribution in [-0.2, 0) is 0 Å². The number of allylic oxidation sites excluding steroid dienone is 4. The Morgan fingerprint density at radius 2 is 2.37 bits per heavy atom. The molecule has 0 aliphatic carbocycles. The highest BCUT2D eigenvalue weighted by Crippen LogP contribution is 2.15. The van der Waals surface area contributed by atoms with Gasteiger partial charge in [-0.2, -0.15) is 0 Å². The molecule has 0 fully saturated rings. The second-order valence-corrected chi connectivity index (χ2v) is 3.67. The predicted octanol–water partition coefficient (Wildman–Crippen LogP) is 2.86. The summed E-state index contributed by atoms with van der Waals surface area (Å²) in [5.41, 5.74) is 0.323. The molecule has 0 radical (unpaired) electrons. The summed E-state index contributed by atoms with van der Waals surface area (Å²) in [5.74, 6) is 1.03. The van der Waals surface area contributed by atoms with Crippen molar-refractivity contribution >= 4 is 5.91 Å². The Kier molecular flexibility index (Phi) is 6.09. The van der Waals surface area contributed by atoms with Crippen LogP contribution in [0.25, 0.3) is 0 Å². The van der Waals surface area contributed by atoms with E-state index >= 15 is 0 Å². The minimum absolute atomic E-state index is 0.242. The molecule has 0 aromatic carbocycles. The summed E-state index contributed by atoms with van der Waals surface area (Å²) in [5, 5.41) is 2.52. The van der Waals surface area contributed by atoms with Gasteiger partial charge in [0.1, 0.15) is 17.2 Å². The summed E-state index contributed by atoms with van der Waals surface area (Å²) >= 11 is 0. The van der Waals surface area contributed by atoms with E-state index in [1.54, 1.807) is 37.5 Å². The summed E-state index contributed by atoms with van der Waals surface area (Å²) in [4.78, 5) is 15.5. The highest BCUT2D eigenvalue weighted by molar-refractivity contribution is 5.92. The molecule has 0 saturated heterocycles. The van der Waals surface area contributed by atoms with Crippen LogP contribution >= 0.6 is 0 Å². The smallest absolute Gasteiger partial charge is 0.269 e. The van der Waals surface area contributed by atoms with Crippen LogP contribution in [0.2, 0.25) is 0 Å². The van der Waals surface area contributed by atoms with Gasteiger partial charge in [-0.25, -0.2) is 0 Å². The van der Waals surface area contributed by atoms with Gasteiger partial charge in [0.2, 0.25) is 0 Å². The van der Waals surface area contributed by atoms with Crippen molar-refractivity contribution in [3.8, 4) is 5.75 Å². The highest BCUT2D eigenvalue weighted by atomic mass is 16.5. The van der Waals surface area contributed by atoms with Gasteiger partial charge >= 0.3 is 0 Å². The van der Waals surface area contributed by atoms with E-state index in [0.29, 0.717) is 17.2 Å². The fourth-order valence-electron chi connectivity index (χ4n) is 1.37. The lowest BCUT2D eigenvalue weighted by Crippen LogP contribution is -2.19. The van der Waals surface area contributed by atoms with E-state index in [1.165, 1.54) is 0 Å². The molecule has 1 heterocycles. The molecule has 1 amide bonds. The van der Waals surface area contributed by atoms with Crippen molar-refractivity contribution < 1.29 is 9.53 Å². The molecule has 0 unspecified atom stereocenters. The summed E-state index contributed by atoms with van der Waals surface area (Å²) in [7, 11) is 1.56. The predicted molar refractivity (Wildman–Crippen MR) is 76.0 cm³/mol. The van der Waals surface area contributed by atoms with Gasteiger partial charge in [0, 0.05) is 19.3 Å². The normalized spacial score (nSPS) is 11.4. The van der Waals surface area contributed by atoms with Crippen molar-refractivity contribution in [1.82, 2.24) is 10.3 Å². The number of carbonyl (C=O) groups excluding carboxylic acids is 1. The fraction of sp³-hybridized carbons (Fsp3) is 0.200. The Labute approximate surface area is 113 Å². The summed E-state index contributed by atoms with van der Waals surface area (Å²) in [6.07, 6.45) is 9.62. The number of pyridine rings is 1. The Balaban J connectivity index is 2.91. The molecule has 0 bridgehead atoms. The van der Waals surface area contributed by atoms with Gasteiger partial charge < -0.3 is 10.1 Å². The molecule has 4 heteroatoms. The van der Waals surface area contributed by atoms with Gasteiger partial charge in [0.15, 0.2) is 0 Å². The molecular formula is C15H18N2O2. The Morgan fingerprint density at radius 1 is 1.58 bits per heavy atom. The molecule has 1 aromatic heterocycles. The van der Waals surface area contributed by atoms with Gasteiger partial charge in [0.25, 0.3) is 5.91 Å². The Morgan fingerprint density at radius 3 is 3.00 bits per heavy atom. The van der Waals surface area contributed by atoms with Crippen LogP contribution in [0.15, 0.2) is 55.0 Å². The van der Waals surface area contributed by atoms with Gasteiger partial charge in [0.05, 0.1) is 0 Å². The quantitative estimate of drug-likeness (QED) is 0.630. The monoisotopic (exact) mass is 258 g/mol. The van der Waals surface area contributed by atoms with Crippen LogP contribution in [0, 0.1) is 0 Å². The van der Waals surface area contributed by atoms with Gasteiger partial charge in [-0.05, 0) is 24.6 Å². The number of ether oxygens (including phenoxy) is 1. The zero-order chi connectivity index (χ0) is 14.1. The standard InChI is InChI=1S/C15H18N2O2/c1-4-6-8-12(7-5-2)19-13-9-10-17-14(11-13)15(18)16-3/h4,6-11H,1,5H2,2-3H3,(H,16,18)/b8-6-,12-7+. The Bertz CT molecular complexity index is 505. The summed E-state index contributed by atoms with van der Waals surface area (Å²) < 4.78 is 5.70. The molecule has 100 valence electrons. The molecule has 0 aliphatic rings. The number of hydrogen-bond donors (Lipinski definition) is 1. The molecule has 0 saturated carbocycles. The first kappa shape index (κ1) is 14.7. The SMILES string of the molecule is C=C/C=C\C(=C/CC)Oc1ccnc(C(=O)NC)c1. The van der Waals surface area contributed by atoms with Crippen LogP contribution < -0.4 is 10.1 Å². The van der Waals surface area contributed by atoms with Crippen molar-refractivity contribution in [3.63, 3.8) is 0 Å². The van der Waals surface area contributed by atoms with Crippen molar-refractivity contribution in [1.29, 1.82) is 0 Å². The maximum Gasteiger partial charge on any atom is 0.269 e. The lowest BCUT2D eigenvalue weighted by atomic mass is 10.3. The third-order valence-corrected chi connectivity index (χ3v) is 2.23. The van der Waals surface area contributed by atoms with Crippen LogP contribution in [0.4, 0.5) is 0 Å². The number of amides is 1. The largest absolute Gasteiger partial charge is 0.458 e. The van der Waals surface area contributed by atoms with Crippen LogP contribution in [0.3, 0.4) is 0 Å². The molecule has 1 aromatic rings. The molecule has 1 rings (SSSR count). The number of carbonyl (C=O) groups is 1. The molecule has 0 spiro atoms. The van der Waals surface area contributed by atoms with E-state index in [1.807, 2.05) is 19.1 Å². The lowest BCUT2D eigenvalue weighted by molar-refractivity contribution is 0.0958. The first-order valence-corrected chi connectivity index (χ1v) is 6.06. The Hall–Kier alpha value is -2.36. The van der Waals surface area contributed by atoms with E-state index in [0.717, 1.165) is 6.42 Å². The van der Waals surface area contributed by atoms with E-state index in [9.17, 15) is 4.79 Å². The zero-order valence-corrected chi connectivity index (χ0v) is 11.2. The molecular weight excluding hydrogens is 240 g/mol. The molecule has 4 nitrogen and oxygen atoms in total. The minimum Gasteiger partial charge on any atom is -0.458 e. The third kappa shape index (κ3) is 4.79. The lowest BCUT2D eigenvalue weighted by Gasteiger charge is -2.07. The van der Waals surface area contributed by atoms with Crippen molar-refractivity contribution in [2.75, 3.05) is 7.05 Å². The molecule has 0 aliphatic heterocycles. The van der Waals surface area contributed by atoms with Crippen LogP contribution in [-0.4, -0.2) is 17.9 Å². The summed E-state index contributed by atoms with van der Waals surface area (Å²) in [6.45, 7) is 5.64. The first-order chi connectivity index (χ1) is 9.21. The third-order valence-electron chi connectivity index (χ3n) is 2.23. The van der Waals surface area contributed by atoms with Crippen molar-refractivity contribution in [2.24, 2.45) is 0 Å². The number of aromatic nitrogens is 1. The molecule has 19 heavy (non-hydrogen) atoms. The minimum atomic E-state index is -0.242. The number of rotatable bonds is 6. The van der Waals surface area contributed by atoms with E-state index in [2.05, 4.69) is 16.9 Å². The second-order valence-electron chi connectivity index (χ2n) is 3.67. The first-order valence-electron chi connectivity index (χ1n) is 6.06. The molecule has 1 N–H and O–H groups in total. The topological polar surface area (TPSA) is 51.2 Å². The maximum atomic E-state index is 11.5. The fourth-order valence-corrected chi connectivity index (χ4v) is 1.37. The van der Waals surface area contributed by atoms with Crippen LogP contribution in [0.1, 0.15) is 23.8 Å². The van der Waals surface area contributed by atoms with Gasteiger partial charge in [-0.1, -0.05) is 25.7 Å². The highest BCUT2D eigenvalue weighted by Gasteiger charge is 2.06. The van der Waals surface area contributed by atoms with Gasteiger partial charge in [-0.15, -0.1) is 0 Å².